The Morgan fingerprint density at radius 3 is 2.55 bits per heavy atom. The summed E-state index contributed by atoms with van der Waals surface area (Å²) in [5.74, 6) is -3.28. The van der Waals surface area contributed by atoms with E-state index in [2.05, 4.69) is 15.3 Å². The smallest absolute Gasteiger partial charge is 0.260 e. The minimum absolute atomic E-state index is 0.151. The molecule has 1 aromatic carbocycles. The molecule has 0 saturated carbocycles. The molecule has 0 aliphatic carbocycles. The molecule has 0 bridgehead atoms. The predicted molar refractivity (Wildman–Crippen MR) is 71.4 cm³/mol. The average Bonchev–Trinajstić information content (AvgIpc) is 2.39. The Morgan fingerprint density at radius 1 is 1.20 bits per heavy atom. The lowest BCUT2D eigenvalue weighted by Gasteiger charge is -2.09. The first-order valence-corrected chi connectivity index (χ1v) is 6.16. The maximum atomic E-state index is 13.5. The van der Waals surface area contributed by atoms with Crippen molar-refractivity contribution in [1.82, 2.24) is 9.97 Å². The van der Waals surface area contributed by atoms with Gasteiger partial charge in [0.25, 0.3) is 5.91 Å². The number of benzene rings is 1. The van der Waals surface area contributed by atoms with E-state index in [1.165, 1.54) is 0 Å². The molecule has 1 N–H and O–H groups in total. The van der Waals surface area contributed by atoms with Gasteiger partial charge in [-0.2, -0.15) is 0 Å². The molecule has 0 saturated heterocycles. The number of carbonyl (C=O) groups is 1. The van der Waals surface area contributed by atoms with Crippen LogP contribution < -0.4 is 5.32 Å². The molecule has 1 amide bonds. The summed E-state index contributed by atoms with van der Waals surface area (Å²) in [6.45, 7) is 0. The summed E-state index contributed by atoms with van der Waals surface area (Å²) < 4.78 is 26.6. The highest BCUT2D eigenvalue weighted by atomic mass is 35.5. The lowest BCUT2D eigenvalue weighted by Crippen LogP contribution is -2.15. The molecule has 0 aliphatic heterocycles. The number of halogens is 5. The Hall–Kier alpha value is -1.50. The predicted octanol–water partition coefficient (Wildman–Crippen LogP) is 3.97. The maximum Gasteiger partial charge on any atom is 0.260 e. The van der Waals surface area contributed by atoms with E-state index >= 15 is 0 Å². The van der Waals surface area contributed by atoms with Gasteiger partial charge < -0.3 is 5.32 Å². The highest BCUT2D eigenvalue weighted by Crippen LogP contribution is 2.28. The van der Waals surface area contributed by atoms with Crippen molar-refractivity contribution >= 4 is 46.4 Å². The van der Waals surface area contributed by atoms with Gasteiger partial charge in [0.05, 0.1) is 16.3 Å². The number of hydrogen-bond acceptors (Lipinski definition) is 3. The van der Waals surface area contributed by atoms with E-state index in [1.54, 1.807) is 0 Å². The minimum atomic E-state index is -1.28. The molecule has 1 aromatic heterocycles. The first-order chi connectivity index (χ1) is 9.40. The molecular formula is C11H4Cl3F2N3O. The Balaban J connectivity index is 2.35. The zero-order valence-corrected chi connectivity index (χ0v) is 11.7. The van der Waals surface area contributed by atoms with E-state index in [-0.39, 0.29) is 21.0 Å². The van der Waals surface area contributed by atoms with E-state index in [0.29, 0.717) is 0 Å². The summed E-state index contributed by atoms with van der Waals surface area (Å²) in [6, 6.07) is 1.95. The second-order valence-corrected chi connectivity index (χ2v) is 4.62. The summed E-state index contributed by atoms with van der Waals surface area (Å²) in [7, 11) is 0. The van der Waals surface area contributed by atoms with Crippen molar-refractivity contribution in [1.29, 1.82) is 0 Å². The number of aromatic nitrogens is 2. The van der Waals surface area contributed by atoms with Gasteiger partial charge in [-0.3, -0.25) is 4.79 Å². The lowest BCUT2D eigenvalue weighted by molar-refractivity contribution is 0.102. The van der Waals surface area contributed by atoms with Crippen LogP contribution >= 0.6 is 34.8 Å². The quantitative estimate of drug-likeness (QED) is 0.512. The molecule has 1 heterocycles. The normalized spacial score (nSPS) is 10.4. The molecule has 0 aliphatic rings. The topological polar surface area (TPSA) is 54.9 Å². The monoisotopic (exact) mass is 337 g/mol. The van der Waals surface area contributed by atoms with Gasteiger partial charge in [0.1, 0.15) is 5.15 Å². The van der Waals surface area contributed by atoms with Crippen LogP contribution in [0, 0.1) is 11.6 Å². The van der Waals surface area contributed by atoms with Crippen LogP contribution in [0.25, 0.3) is 0 Å². The second-order valence-electron chi connectivity index (χ2n) is 3.52. The fourth-order valence-corrected chi connectivity index (χ4v) is 1.90. The van der Waals surface area contributed by atoms with E-state index in [9.17, 15) is 13.6 Å². The molecular weight excluding hydrogens is 334 g/mol. The first kappa shape index (κ1) is 14.9. The van der Waals surface area contributed by atoms with Gasteiger partial charge >= 0.3 is 0 Å². The summed E-state index contributed by atoms with van der Waals surface area (Å²) in [5.41, 5.74) is -0.654. The molecule has 2 rings (SSSR count). The standard InChI is InChI=1S/C11H4Cl3F2N3O/c12-5-1-2-6(15)7(16)8(5)18-10(20)4-3-17-11(14)19-9(4)13/h1-3H,(H,18,20). The molecule has 9 heteroatoms. The van der Waals surface area contributed by atoms with Crippen molar-refractivity contribution < 1.29 is 13.6 Å². The lowest BCUT2D eigenvalue weighted by atomic mass is 10.2. The molecule has 0 spiro atoms. The van der Waals surface area contributed by atoms with Crippen LogP contribution in [0.3, 0.4) is 0 Å². The van der Waals surface area contributed by atoms with Crippen molar-refractivity contribution in [3.8, 4) is 0 Å². The Kier molecular flexibility index (Phi) is 4.37. The fraction of sp³-hybridized carbons (Fsp3) is 0. The Bertz CT molecular complexity index is 697. The van der Waals surface area contributed by atoms with Crippen LogP contribution in [0.15, 0.2) is 18.3 Å². The fourth-order valence-electron chi connectivity index (χ4n) is 1.32. The van der Waals surface area contributed by atoms with Crippen molar-refractivity contribution in [3.63, 3.8) is 0 Å². The van der Waals surface area contributed by atoms with Crippen LogP contribution in [-0.2, 0) is 0 Å². The molecule has 4 nitrogen and oxygen atoms in total. The van der Waals surface area contributed by atoms with Gasteiger partial charge in [0, 0.05) is 6.20 Å². The number of carbonyl (C=O) groups excluding carboxylic acids is 1. The Labute approximate surface area is 126 Å². The van der Waals surface area contributed by atoms with Crippen LogP contribution in [-0.4, -0.2) is 15.9 Å². The number of hydrogen-bond donors (Lipinski definition) is 1. The van der Waals surface area contributed by atoms with Gasteiger partial charge in [0.15, 0.2) is 11.6 Å². The number of nitrogens with zero attached hydrogens (tertiary/aromatic N) is 2. The van der Waals surface area contributed by atoms with Crippen molar-refractivity contribution in [2.75, 3.05) is 5.32 Å². The van der Waals surface area contributed by atoms with Gasteiger partial charge in [-0.05, 0) is 23.7 Å². The number of anilines is 1. The summed E-state index contributed by atoms with van der Waals surface area (Å²) in [6.07, 6.45) is 1.05. The zero-order chi connectivity index (χ0) is 14.9. The number of nitrogens with one attached hydrogen (secondary N) is 1. The van der Waals surface area contributed by atoms with Gasteiger partial charge in [-0.15, -0.1) is 0 Å². The SMILES string of the molecule is O=C(Nc1c(Cl)ccc(F)c1F)c1cnc(Cl)nc1Cl. The highest BCUT2D eigenvalue weighted by Gasteiger charge is 2.18. The summed E-state index contributed by atoms with van der Waals surface area (Å²) in [5, 5.41) is 1.56. The zero-order valence-electron chi connectivity index (χ0n) is 9.42. The minimum Gasteiger partial charge on any atom is -0.318 e. The molecule has 2 aromatic rings. The highest BCUT2D eigenvalue weighted by molar-refractivity contribution is 6.36. The Morgan fingerprint density at radius 2 is 1.90 bits per heavy atom. The third-order valence-electron chi connectivity index (χ3n) is 2.24. The van der Waals surface area contributed by atoms with Gasteiger partial charge in [-0.25, -0.2) is 18.7 Å². The first-order valence-electron chi connectivity index (χ1n) is 5.03. The van der Waals surface area contributed by atoms with Crippen LogP contribution in [0.4, 0.5) is 14.5 Å². The number of amides is 1. The molecule has 20 heavy (non-hydrogen) atoms. The third kappa shape index (κ3) is 2.98. The molecule has 0 unspecified atom stereocenters. The molecule has 0 atom stereocenters. The van der Waals surface area contributed by atoms with Crippen molar-refractivity contribution in [2.45, 2.75) is 0 Å². The van der Waals surface area contributed by atoms with E-state index in [0.717, 1.165) is 18.3 Å². The summed E-state index contributed by atoms with van der Waals surface area (Å²) in [4.78, 5) is 19.0. The van der Waals surface area contributed by atoms with Crippen LogP contribution in [0.2, 0.25) is 15.5 Å². The van der Waals surface area contributed by atoms with Crippen LogP contribution in [0.1, 0.15) is 10.4 Å². The van der Waals surface area contributed by atoms with Crippen molar-refractivity contribution in [2.24, 2.45) is 0 Å². The summed E-state index contributed by atoms with van der Waals surface area (Å²) >= 11 is 16.9. The molecule has 104 valence electrons. The average molecular weight is 339 g/mol. The van der Waals surface area contributed by atoms with Gasteiger partial charge in [0.2, 0.25) is 5.28 Å². The van der Waals surface area contributed by atoms with E-state index < -0.39 is 23.2 Å². The second kappa shape index (κ2) is 5.87. The maximum absolute atomic E-state index is 13.5. The largest absolute Gasteiger partial charge is 0.318 e. The van der Waals surface area contributed by atoms with Crippen molar-refractivity contribution in [3.05, 3.63) is 51.0 Å². The van der Waals surface area contributed by atoms with E-state index in [4.69, 9.17) is 34.8 Å². The van der Waals surface area contributed by atoms with Crippen LogP contribution in [0.5, 0.6) is 0 Å². The van der Waals surface area contributed by atoms with E-state index in [1.807, 2.05) is 0 Å². The molecule has 0 fully saturated rings. The number of rotatable bonds is 2. The molecule has 0 radical (unpaired) electrons. The van der Waals surface area contributed by atoms with Gasteiger partial charge in [-0.1, -0.05) is 23.2 Å². The third-order valence-corrected chi connectivity index (χ3v) is 3.03.